The Hall–Kier alpha value is -2.31. The van der Waals surface area contributed by atoms with Crippen LogP contribution in [-0.2, 0) is 11.2 Å². The van der Waals surface area contributed by atoms with Gasteiger partial charge >= 0.3 is 0 Å². The molecule has 3 rings (SSSR count). The van der Waals surface area contributed by atoms with Crippen LogP contribution in [0.3, 0.4) is 0 Å². The molecule has 0 radical (unpaired) electrons. The Morgan fingerprint density at radius 2 is 1.71 bits per heavy atom. The number of ether oxygens (including phenoxy) is 2. The topological polar surface area (TPSA) is 76.8 Å². The number of benzene rings is 2. The van der Waals surface area contributed by atoms with Gasteiger partial charge < -0.3 is 25.4 Å². The van der Waals surface area contributed by atoms with Crippen LogP contribution in [0.2, 0.25) is 0 Å². The van der Waals surface area contributed by atoms with Crippen molar-refractivity contribution in [3.8, 4) is 11.5 Å². The maximum atomic E-state index is 12.3. The van der Waals surface area contributed by atoms with E-state index in [0.717, 1.165) is 42.3 Å². The van der Waals surface area contributed by atoms with Crippen molar-refractivity contribution in [2.75, 3.05) is 37.9 Å². The van der Waals surface area contributed by atoms with Crippen molar-refractivity contribution in [2.24, 2.45) is 0 Å². The van der Waals surface area contributed by atoms with Gasteiger partial charge in [-0.2, -0.15) is 0 Å². The predicted octanol–water partition coefficient (Wildman–Crippen LogP) is 3.07. The van der Waals surface area contributed by atoms with Gasteiger partial charge in [-0.25, -0.2) is 0 Å². The van der Waals surface area contributed by atoms with E-state index in [2.05, 4.69) is 10.2 Å². The third-order valence-electron chi connectivity index (χ3n) is 4.60. The summed E-state index contributed by atoms with van der Waals surface area (Å²) >= 11 is 0. The Bertz CT molecular complexity index is 750. The SMILES string of the molecule is COc1cc(OC)cc(N2CCC(NC(=O)Cc3ccc(N)cc3)C2)c1.Cl.Cl. The fourth-order valence-corrected chi connectivity index (χ4v) is 3.19. The summed E-state index contributed by atoms with van der Waals surface area (Å²) in [6, 6.07) is 13.4. The van der Waals surface area contributed by atoms with Gasteiger partial charge in [-0.05, 0) is 24.1 Å². The van der Waals surface area contributed by atoms with Gasteiger partial charge in [-0.1, -0.05) is 12.1 Å². The van der Waals surface area contributed by atoms with Gasteiger partial charge in [0.05, 0.1) is 20.6 Å². The zero-order valence-electron chi connectivity index (χ0n) is 16.0. The molecule has 1 heterocycles. The normalized spacial score (nSPS) is 15.2. The first-order valence-corrected chi connectivity index (χ1v) is 8.69. The monoisotopic (exact) mass is 427 g/mol. The van der Waals surface area contributed by atoms with E-state index in [9.17, 15) is 4.79 Å². The molecular formula is C20H27Cl2N3O3. The molecule has 3 N–H and O–H groups in total. The fourth-order valence-electron chi connectivity index (χ4n) is 3.19. The van der Waals surface area contributed by atoms with E-state index >= 15 is 0 Å². The van der Waals surface area contributed by atoms with Crippen LogP contribution in [0.5, 0.6) is 11.5 Å². The molecule has 2 aromatic carbocycles. The molecule has 2 aromatic rings. The molecule has 1 fully saturated rings. The van der Waals surface area contributed by atoms with Gasteiger partial charge in [0.25, 0.3) is 0 Å². The summed E-state index contributed by atoms with van der Waals surface area (Å²) in [5.74, 6) is 1.55. The smallest absolute Gasteiger partial charge is 0.224 e. The standard InChI is InChI=1S/C20H25N3O3.2ClH/c1-25-18-10-17(11-19(12-18)26-2)23-8-7-16(13-23)22-20(24)9-14-3-5-15(21)6-4-14;;/h3-6,10-12,16H,7-9,13,21H2,1-2H3,(H,22,24);2*1H. The number of nitrogens with two attached hydrogens (primary N) is 1. The van der Waals surface area contributed by atoms with Crippen molar-refractivity contribution in [2.45, 2.75) is 18.9 Å². The molecule has 6 nitrogen and oxygen atoms in total. The Kier molecular flexibility index (Phi) is 9.22. The van der Waals surface area contributed by atoms with Crippen molar-refractivity contribution >= 4 is 42.1 Å². The highest BCUT2D eigenvalue weighted by molar-refractivity contribution is 5.85. The Morgan fingerprint density at radius 3 is 2.29 bits per heavy atom. The number of hydrogen-bond donors (Lipinski definition) is 2. The number of nitrogens with one attached hydrogen (secondary N) is 1. The molecule has 0 saturated carbocycles. The quantitative estimate of drug-likeness (QED) is 0.692. The summed E-state index contributed by atoms with van der Waals surface area (Å²) in [5, 5.41) is 3.12. The molecule has 0 spiro atoms. The number of nitrogen functional groups attached to an aromatic ring is 1. The number of carbonyl (C=O) groups excluding carboxylic acids is 1. The van der Waals surface area contributed by atoms with Gasteiger partial charge in [-0.15, -0.1) is 24.8 Å². The summed E-state index contributed by atoms with van der Waals surface area (Å²) in [6.07, 6.45) is 1.27. The highest BCUT2D eigenvalue weighted by atomic mass is 35.5. The molecule has 1 saturated heterocycles. The molecule has 8 heteroatoms. The van der Waals surface area contributed by atoms with E-state index in [0.29, 0.717) is 12.1 Å². The largest absolute Gasteiger partial charge is 0.497 e. The summed E-state index contributed by atoms with van der Waals surface area (Å²) < 4.78 is 10.7. The zero-order chi connectivity index (χ0) is 18.5. The first kappa shape index (κ1) is 23.7. The summed E-state index contributed by atoms with van der Waals surface area (Å²) in [4.78, 5) is 14.5. The third kappa shape index (κ3) is 6.11. The lowest BCUT2D eigenvalue weighted by atomic mass is 10.1. The van der Waals surface area contributed by atoms with Crippen LogP contribution in [-0.4, -0.2) is 39.3 Å². The van der Waals surface area contributed by atoms with E-state index in [1.165, 1.54) is 0 Å². The molecule has 1 atom stereocenters. The lowest BCUT2D eigenvalue weighted by Crippen LogP contribution is -2.37. The number of methoxy groups -OCH3 is 2. The van der Waals surface area contributed by atoms with Crippen molar-refractivity contribution in [3.05, 3.63) is 48.0 Å². The second kappa shape index (κ2) is 10.9. The number of carbonyl (C=O) groups is 1. The molecule has 154 valence electrons. The van der Waals surface area contributed by atoms with Crippen LogP contribution in [0.15, 0.2) is 42.5 Å². The number of halogens is 2. The van der Waals surface area contributed by atoms with Crippen LogP contribution in [0.4, 0.5) is 11.4 Å². The van der Waals surface area contributed by atoms with Crippen molar-refractivity contribution in [3.63, 3.8) is 0 Å². The Labute approximate surface area is 178 Å². The van der Waals surface area contributed by atoms with E-state index in [1.54, 1.807) is 14.2 Å². The first-order valence-electron chi connectivity index (χ1n) is 8.69. The average molecular weight is 428 g/mol. The van der Waals surface area contributed by atoms with Gasteiger partial charge in [-0.3, -0.25) is 4.79 Å². The highest BCUT2D eigenvalue weighted by Gasteiger charge is 2.24. The lowest BCUT2D eigenvalue weighted by Gasteiger charge is -2.20. The van der Waals surface area contributed by atoms with Crippen LogP contribution in [0.25, 0.3) is 0 Å². The minimum absolute atomic E-state index is 0. The van der Waals surface area contributed by atoms with Gasteiger partial charge in [0.1, 0.15) is 11.5 Å². The maximum Gasteiger partial charge on any atom is 0.224 e. The van der Waals surface area contributed by atoms with Crippen molar-refractivity contribution in [1.29, 1.82) is 0 Å². The van der Waals surface area contributed by atoms with Gasteiger partial charge in [0, 0.05) is 48.7 Å². The number of nitrogens with zero attached hydrogens (tertiary/aromatic N) is 1. The van der Waals surface area contributed by atoms with E-state index < -0.39 is 0 Å². The van der Waals surface area contributed by atoms with Crippen LogP contribution < -0.4 is 25.4 Å². The second-order valence-electron chi connectivity index (χ2n) is 6.49. The van der Waals surface area contributed by atoms with Crippen molar-refractivity contribution < 1.29 is 14.3 Å². The van der Waals surface area contributed by atoms with Crippen LogP contribution >= 0.6 is 24.8 Å². The molecule has 1 amide bonds. The van der Waals surface area contributed by atoms with Gasteiger partial charge in [0.15, 0.2) is 0 Å². The second-order valence-corrected chi connectivity index (χ2v) is 6.49. The molecule has 1 aliphatic heterocycles. The fraction of sp³-hybridized carbons (Fsp3) is 0.350. The molecule has 1 aliphatic rings. The summed E-state index contributed by atoms with van der Waals surface area (Å²) in [6.45, 7) is 1.65. The molecule has 1 unspecified atom stereocenters. The first-order chi connectivity index (χ1) is 12.6. The number of anilines is 2. The number of amides is 1. The van der Waals surface area contributed by atoms with E-state index in [1.807, 2.05) is 42.5 Å². The average Bonchev–Trinajstić information content (AvgIpc) is 3.11. The minimum Gasteiger partial charge on any atom is -0.497 e. The minimum atomic E-state index is 0. The number of hydrogen-bond acceptors (Lipinski definition) is 5. The summed E-state index contributed by atoms with van der Waals surface area (Å²) in [7, 11) is 3.28. The van der Waals surface area contributed by atoms with Gasteiger partial charge in [0.2, 0.25) is 5.91 Å². The molecule has 0 aromatic heterocycles. The van der Waals surface area contributed by atoms with E-state index in [-0.39, 0.29) is 36.8 Å². The van der Waals surface area contributed by atoms with E-state index in [4.69, 9.17) is 15.2 Å². The predicted molar refractivity (Wildman–Crippen MR) is 117 cm³/mol. The zero-order valence-corrected chi connectivity index (χ0v) is 17.6. The number of rotatable bonds is 6. The summed E-state index contributed by atoms with van der Waals surface area (Å²) in [5.41, 5.74) is 8.38. The lowest BCUT2D eigenvalue weighted by molar-refractivity contribution is -0.121. The molecule has 28 heavy (non-hydrogen) atoms. The van der Waals surface area contributed by atoms with Crippen LogP contribution in [0, 0.1) is 0 Å². The Balaban J connectivity index is 0.00000196. The molecule has 0 aliphatic carbocycles. The third-order valence-corrected chi connectivity index (χ3v) is 4.60. The maximum absolute atomic E-state index is 12.3. The highest BCUT2D eigenvalue weighted by Crippen LogP contribution is 2.30. The van der Waals surface area contributed by atoms with Crippen molar-refractivity contribution in [1.82, 2.24) is 5.32 Å². The van der Waals surface area contributed by atoms with Crippen LogP contribution in [0.1, 0.15) is 12.0 Å². The molecular weight excluding hydrogens is 401 g/mol. The molecule has 0 bridgehead atoms. The Morgan fingerprint density at radius 1 is 1.11 bits per heavy atom.